The van der Waals surface area contributed by atoms with E-state index < -0.39 is 9.84 Å². The van der Waals surface area contributed by atoms with E-state index in [1.54, 1.807) is 19.1 Å². The molecule has 0 radical (unpaired) electrons. The third-order valence-corrected chi connectivity index (χ3v) is 4.92. The molecule has 116 valence electrons. The van der Waals surface area contributed by atoms with E-state index >= 15 is 0 Å². The maximum Gasteiger partial charge on any atom is 0.255 e. The maximum atomic E-state index is 12.4. The first kappa shape index (κ1) is 16.7. The Balaban J connectivity index is 2.37. The first-order valence-electron chi connectivity index (χ1n) is 6.56. The van der Waals surface area contributed by atoms with Crippen LogP contribution in [0.15, 0.2) is 45.8 Å². The van der Waals surface area contributed by atoms with Gasteiger partial charge in [0.2, 0.25) is 0 Å². The quantitative estimate of drug-likeness (QED) is 0.880. The number of carbonyl (C=O) groups excluding carboxylic acids is 1. The average molecular weight is 382 g/mol. The van der Waals surface area contributed by atoms with Crippen molar-refractivity contribution in [3.63, 3.8) is 0 Å². The topological polar surface area (TPSA) is 63.2 Å². The maximum absolute atomic E-state index is 12.4. The Bertz CT molecular complexity index is 844. The fourth-order valence-electron chi connectivity index (χ4n) is 2.03. The van der Waals surface area contributed by atoms with Gasteiger partial charge in [-0.2, -0.15) is 0 Å². The number of benzene rings is 2. The van der Waals surface area contributed by atoms with Crippen molar-refractivity contribution in [2.24, 2.45) is 0 Å². The number of sulfone groups is 1. The summed E-state index contributed by atoms with van der Waals surface area (Å²) in [6.45, 7) is 3.66. The van der Waals surface area contributed by atoms with Gasteiger partial charge in [0.05, 0.1) is 4.90 Å². The number of aryl methyl sites for hydroxylation is 2. The Hall–Kier alpha value is -1.66. The van der Waals surface area contributed by atoms with Crippen LogP contribution in [0.4, 0.5) is 5.69 Å². The molecule has 6 heteroatoms. The first-order chi connectivity index (χ1) is 10.2. The third kappa shape index (κ3) is 3.75. The molecule has 0 heterocycles. The smallest absolute Gasteiger partial charge is 0.255 e. The molecule has 2 rings (SSSR count). The van der Waals surface area contributed by atoms with Gasteiger partial charge in [-0.1, -0.05) is 22.0 Å². The number of carbonyl (C=O) groups is 1. The number of amides is 1. The van der Waals surface area contributed by atoms with E-state index in [4.69, 9.17) is 0 Å². The number of hydrogen-bond acceptors (Lipinski definition) is 3. The van der Waals surface area contributed by atoms with Crippen LogP contribution in [0.2, 0.25) is 0 Å². The minimum absolute atomic E-state index is 0.135. The molecule has 22 heavy (non-hydrogen) atoms. The summed E-state index contributed by atoms with van der Waals surface area (Å²) in [5.74, 6) is -0.326. The molecule has 2 aromatic carbocycles. The second-order valence-corrected chi connectivity index (χ2v) is 8.09. The summed E-state index contributed by atoms with van der Waals surface area (Å²) >= 11 is 3.37. The summed E-state index contributed by atoms with van der Waals surface area (Å²) in [7, 11) is -3.35. The minimum Gasteiger partial charge on any atom is -0.322 e. The van der Waals surface area contributed by atoms with E-state index in [0.717, 1.165) is 21.9 Å². The highest BCUT2D eigenvalue weighted by atomic mass is 79.9. The van der Waals surface area contributed by atoms with E-state index in [2.05, 4.69) is 21.2 Å². The molecule has 0 fully saturated rings. The number of nitrogens with one attached hydrogen (secondary N) is 1. The lowest BCUT2D eigenvalue weighted by Gasteiger charge is -2.11. The fraction of sp³-hybridized carbons (Fsp3) is 0.188. The van der Waals surface area contributed by atoms with Crippen molar-refractivity contribution in [2.45, 2.75) is 18.7 Å². The predicted octanol–water partition coefficient (Wildman–Crippen LogP) is 3.72. The molecule has 0 saturated carbocycles. The SMILES string of the molecule is Cc1cc(Br)ccc1NC(=O)c1cc(S(C)(=O)=O)ccc1C. The highest BCUT2D eigenvalue weighted by molar-refractivity contribution is 9.10. The van der Waals surface area contributed by atoms with Gasteiger partial charge < -0.3 is 5.32 Å². The molecule has 0 saturated heterocycles. The second kappa shape index (κ2) is 6.22. The van der Waals surface area contributed by atoms with Crippen LogP contribution in [0.3, 0.4) is 0 Å². The lowest BCUT2D eigenvalue weighted by Crippen LogP contribution is -2.15. The molecule has 1 amide bonds. The monoisotopic (exact) mass is 381 g/mol. The molecule has 0 aliphatic carbocycles. The average Bonchev–Trinajstić information content (AvgIpc) is 2.41. The molecule has 0 atom stereocenters. The Labute approximate surface area is 138 Å². The summed E-state index contributed by atoms with van der Waals surface area (Å²) in [6.07, 6.45) is 1.12. The van der Waals surface area contributed by atoms with Crippen LogP contribution in [-0.4, -0.2) is 20.6 Å². The molecule has 0 aliphatic rings. The third-order valence-electron chi connectivity index (χ3n) is 3.32. The van der Waals surface area contributed by atoms with Gasteiger partial charge in [-0.15, -0.1) is 0 Å². The summed E-state index contributed by atoms with van der Waals surface area (Å²) in [6, 6.07) is 10.1. The van der Waals surface area contributed by atoms with Crippen LogP contribution < -0.4 is 5.32 Å². The van der Waals surface area contributed by atoms with E-state index in [-0.39, 0.29) is 10.8 Å². The number of anilines is 1. The van der Waals surface area contributed by atoms with E-state index in [1.165, 1.54) is 12.1 Å². The lowest BCUT2D eigenvalue weighted by molar-refractivity contribution is 0.102. The van der Waals surface area contributed by atoms with Gasteiger partial charge >= 0.3 is 0 Å². The van der Waals surface area contributed by atoms with Crippen molar-refractivity contribution in [3.05, 3.63) is 57.6 Å². The zero-order valence-corrected chi connectivity index (χ0v) is 14.9. The van der Waals surface area contributed by atoms with Crippen molar-refractivity contribution in [2.75, 3.05) is 11.6 Å². The molecule has 0 aliphatic heterocycles. The molecule has 0 spiro atoms. The highest BCUT2D eigenvalue weighted by Gasteiger charge is 2.15. The van der Waals surface area contributed by atoms with Crippen LogP contribution in [0, 0.1) is 13.8 Å². The van der Waals surface area contributed by atoms with Crippen molar-refractivity contribution in [1.82, 2.24) is 0 Å². The van der Waals surface area contributed by atoms with Crippen molar-refractivity contribution in [3.8, 4) is 0 Å². The Kier molecular flexibility index (Phi) is 4.72. The van der Waals surface area contributed by atoms with Crippen LogP contribution in [0.1, 0.15) is 21.5 Å². The van der Waals surface area contributed by atoms with Crippen molar-refractivity contribution >= 4 is 37.4 Å². The Morgan fingerprint density at radius 3 is 2.32 bits per heavy atom. The zero-order chi connectivity index (χ0) is 16.5. The van der Waals surface area contributed by atoms with E-state index in [9.17, 15) is 13.2 Å². The normalized spacial score (nSPS) is 11.3. The molecule has 0 aromatic heterocycles. The molecular formula is C16H16BrNO3S. The van der Waals surface area contributed by atoms with Crippen LogP contribution >= 0.6 is 15.9 Å². The van der Waals surface area contributed by atoms with Crippen molar-refractivity contribution in [1.29, 1.82) is 0 Å². The minimum atomic E-state index is -3.35. The first-order valence-corrected chi connectivity index (χ1v) is 9.25. The van der Waals surface area contributed by atoms with Crippen molar-refractivity contribution < 1.29 is 13.2 Å². The largest absolute Gasteiger partial charge is 0.322 e. The number of hydrogen-bond donors (Lipinski definition) is 1. The Morgan fingerprint density at radius 1 is 1.05 bits per heavy atom. The molecule has 1 N–H and O–H groups in total. The van der Waals surface area contributed by atoms with Gasteiger partial charge in [0.15, 0.2) is 9.84 Å². The predicted molar refractivity (Wildman–Crippen MR) is 91.1 cm³/mol. The van der Waals surface area contributed by atoms with Gasteiger partial charge in [-0.25, -0.2) is 8.42 Å². The lowest BCUT2D eigenvalue weighted by atomic mass is 10.1. The van der Waals surface area contributed by atoms with Gasteiger partial charge in [0, 0.05) is 22.0 Å². The molecule has 2 aromatic rings. The Morgan fingerprint density at radius 2 is 1.73 bits per heavy atom. The summed E-state index contributed by atoms with van der Waals surface area (Å²) in [5, 5.41) is 2.82. The van der Waals surface area contributed by atoms with Crippen LogP contribution in [-0.2, 0) is 9.84 Å². The molecule has 0 unspecified atom stereocenters. The summed E-state index contributed by atoms with van der Waals surface area (Å²) in [4.78, 5) is 12.6. The number of rotatable bonds is 3. The number of halogens is 1. The van der Waals surface area contributed by atoms with Gasteiger partial charge in [0.1, 0.15) is 0 Å². The summed E-state index contributed by atoms with van der Waals surface area (Å²) < 4.78 is 24.2. The van der Waals surface area contributed by atoms with E-state index in [0.29, 0.717) is 11.3 Å². The fourth-order valence-corrected chi connectivity index (χ4v) is 3.16. The van der Waals surface area contributed by atoms with Gasteiger partial charge in [0.25, 0.3) is 5.91 Å². The molecule has 0 bridgehead atoms. The van der Waals surface area contributed by atoms with Crippen LogP contribution in [0.25, 0.3) is 0 Å². The standard InChI is InChI=1S/C16H16BrNO3S/c1-10-4-6-13(22(3,20)21)9-14(10)16(19)18-15-7-5-12(17)8-11(15)2/h4-9H,1-3H3,(H,18,19). The van der Waals surface area contributed by atoms with E-state index in [1.807, 2.05) is 19.1 Å². The molecule has 4 nitrogen and oxygen atoms in total. The zero-order valence-electron chi connectivity index (χ0n) is 12.5. The van der Waals surface area contributed by atoms with Crippen LogP contribution in [0.5, 0.6) is 0 Å². The summed E-state index contributed by atoms with van der Waals surface area (Å²) in [5.41, 5.74) is 2.68. The van der Waals surface area contributed by atoms with Gasteiger partial charge in [-0.3, -0.25) is 4.79 Å². The highest BCUT2D eigenvalue weighted by Crippen LogP contribution is 2.22. The molecular weight excluding hydrogens is 366 g/mol. The van der Waals surface area contributed by atoms with Gasteiger partial charge in [-0.05, 0) is 55.3 Å². The second-order valence-electron chi connectivity index (χ2n) is 5.16.